The van der Waals surface area contributed by atoms with Crippen LogP contribution in [0.5, 0.6) is 5.88 Å². The van der Waals surface area contributed by atoms with Gasteiger partial charge in [0.15, 0.2) is 0 Å². The summed E-state index contributed by atoms with van der Waals surface area (Å²) >= 11 is 0. The van der Waals surface area contributed by atoms with Gasteiger partial charge in [0.2, 0.25) is 5.88 Å². The summed E-state index contributed by atoms with van der Waals surface area (Å²) in [5, 5.41) is 2.85. The van der Waals surface area contributed by atoms with Gasteiger partial charge in [-0.25, -0.2) is 9.98 Å². The Morgan fingerprint density at radius 2 is 2.11 bits per heavy atom. The molecular formula is C19H23N5O3. The maximum atomic E-state index is 12.5. The van der Waals surface area contributed by atoms with Crippen molar-refractivity contribution in [3.8, 4) is 5.88 Å². The lowest BCUT2D eigenvalue weighted by atomic mass is 10.1. The van der Waals surface area contributed by atoms with Crippen LogP contribution in [0.3, 0.4) is 0 Å². The van der Waals surface area contributed by atoms with Crippen LogP contribution in [0.15, 0.2) is 35.3 Å². The quantitative estimate of drug-likeness (QED) is 0.771. The van der Waals surface area contributed by atoms with Crippen molar-refractivity contribution in [2.45, 2.75) is 32.2 Å². The van der Waals surface area contributed by atoms with Crippen LogP contribution in [-0.2, 0) is 17.6 Å². The molecule has 0 spiro atoms. The molecule has 3 N–H and O–H groups in total. The van der Waals surface area contributed by atoms with Gasteiger partial charge < -0.3 is 20.5 Å². The fourth-order valence-corrected chi connectivity index (χ4v) is 2.72. The highest BCUT2D eigenvalue weighted by Crippen LogP contribution is 2.16. The SMILES string of the molecule is CCc1nc(OC)cc(C(=O)Nc2ccc(CCC3COC(N)=N3)cc2)n1. The summed E-state index contributed by atoms with van der Waals surface area (Å²) in [6.07, 6.45) is 2.35. The molecule has 0 fully saturated rings. The number of methoxy groups -OCH3 is 1. The van der Waals surface area contributed by atoms with Crippen molar-refractivity contribution in [2.24, 2.45) is 10.7 Å². The third-order valence-corrected chi connectivity index (χ3v) is 4.22. The number of nitrogens with one attached hydrogen (secondary N) is 1. The number of anilines is 1. The average molecular weight is 369 g/mol. The number of amidine groups is 1. The molecule has 0 bridgehead atoms. The van der Waals surface area contributed by atoms with Crippen molar-refractivity contribution >= 4 is 17.6 Å². The highest BCUT2D eigenvalue weighted by atomic mass is 16.5. The lowest BCUT2D eigenvalue weighted by molar-refractivity contribution is 0.102. The normalized spacial score (nSPS) is 15.8. The number of nitrogens with zero attached hydrogens (tertiary/aromatic N) is 3. The van der Waals surface area contributed by atoms with Gasteiger partial charge in [0.05, 0.1) is 13.2 Å². The van der Waals surface area contributed by atoms with Gasteiger partial charge in [0, 0.05) is 18.2 Å². The van der Waals surface area contributed by atoms with E-state index in [-0.39, 0.29) is 23.7 Å². The van der Waals surface area contributed by atoms with Gasteiger partial charge in [-0.15, -0.1) is 0 Å². The Kier molecular flexibility index (Phi) is 5.85. The fourth-order valence-electron chi connectivity index (χ4n) is 2.72. The van der Waals surface area contributed by atoms with E-state index in [1.807, 2.05) is 31.2 Å². The van der Waals surface area contributed by atoms with Gasteiger partial charge in [-0.3, -0.25) is 4.79 Å². The first-order chi connectivity index (χ1) is 13.1. The Bertz CT molecular complexity index is 813. The van der Waals surface area contributed by atoms with Crippen LogP contribution in [-0.4, -0.2) is 41.7 Å². The van der Waals surface area contributed by atoms with Crippen LogP contribution in [0.25, 0.3) is 0 Å². The Morgan fingerprint density at radius 1 is 1.33 bits per heavy atom. The lowest BCUT2D eigenvalue weighted by Gasteiger charge is -2.09. The molecule has 1 amide bonds. The van der Waals surface area contributed by atoms with E-state index in [1.54, 1.807) is 0 Å². The number of aryl methyl sites for hydroxylation is 2. The zero-order chi connectivity index (χ0) is 19.2. The Labute approximate surface area is 157 Å². The second-order valence-electron chi connectivity index (χ2n) is 6.19. The summed E-state index contributed by atoms with van der Waals surface area (Å²) in [5.41, 5.74) is 7.65. The molecular weight excluding hydrogens is 346 g/mol. The minimum absolute atomic E-state index is 0.116. The lowest BCUT2D eigenvalue weighted by Crippen LogP contribution is -2.15. The number of benzene rings is 1. The third kappa shape index (κ3) is 4.93. The Morgan fingerprint density at radius 3 is 2.74 bits per heavy atom. The van der Waals surface area contributed by atoms with Gasteiger partial charge in [-0.1, -0.05) is 19.1 Å². The summed E-state index contributed by atoms with van der Waals surface area (Å²) < 4.78 is 10.3. The largest absolute Gasteiger partial charge is 0.481 e. The zero-order valence-electron chi connectivity index (χ0n) is 15.4. The van der Waals surface area contributed by atoms with Crippen molar-refractivity contribution in [2.75, 3.05) is 19.0 Å². The van der Waals surface area contributed by atoms with E-state index in [0.29, 0.717) is 30.4 Å². The first-order valence-electron chi connectivity index (χ1n) is 8.85. The zero-order valence-corrected chi connectivity index (χ0v) is 15.4. The summed E-state index contributed by atoms with van der Waals surface area (Å²) in [4.78, 5) is 25.1. The molecule has 27 heavy (non-hydrogen) atoms. The van der Waals surface area contributed by atoms with Gasteiger partial charge in [-0.2, -0.15) is 4.98 Å². The van der Waals surface area contributed by atoms with Crippen molar-refractivity contribution in [1.29, 1.82) is 0 Å². The Hall–Kier alpha value is -3.16. The molecule has 8 heteroatoms. The second kappa shape index (κ2) is 8.48. The molecule has 1 aliphatic heterocycles. The smallest absolute Gasteiger partial charge is 0.282 e. The molecule has 0 saturated carbocycles. The maximum Gasteiger partial charge on any atom is 0.282 e. The molecule has 1 aromatic carbocycles. The monoisotopic (exact) mass is 369 g/mol. The third-order valence-electron chi connectivity index (χ3n) is 4.22. The minimum atomic E-state index is -0.300. The first kappa shape index (κ1) is 18.6. The molecule has 2 aromatic rings. The van der Waals surface area contributed by atoms with Gasteiger partial charge >= 0.3 is 0 Å². The summed E-state index contributed by atoms with van der Waals surface area (Å²) in [7, 11) is 1.51. The van der Waals surface area contributed by atoms with Crippen molar-refractivity contribution in [3.05, 3.63) is 47.4 Å². The molecule has 1 aromatic heterocycles. The highest BCUT2D eigenvalue weighted by molar-refractivity contribution is 6.03. The van der Waals surface area contributed by atoms with Crippen LogP contribution >= 0.6 is 0 Å². The van der Waals surface area contributed by atoms with Crippen LogP contribution in [0, 0.1) is 0 Å². The molecule has 142 valence electrons. The molecule has 0 aliphatic carbocycles. The van der Waals surface area contributed by atoms with E-state index in [1.165, 1.54) is 13.2 Å². The van der Waals surface area contributed by atoms with E-state index in [9.17, 15) is 4.79 Å². The molecule has 0 radical (unpaired) electrons. The molecule has 1 aliphatic rings. The standard InChI is InChI=1S/C19H23N5O3/c1-3-16-23-15(10-17(24-16)26-2)18(25)21-13-7-4-12(5-8-13)6-9-14-11-27-19(20)22-14/h4-5,7-8,10,14H,3,6,9,11H2,1-2H3,(H2,20,22)(H,21,25). The van der Waals surface area contributed by atoms with Gasteiger partial charge in [-0.05, 0) is 30.5 Å². The molecule has 0 saturated heterocycles. The molecule has 8 nitrogen and oxygen atoms in total. The second-order valence-corrected chi connectivity index (χ2v) is 6.19. The Balaban J connectivity index is 1.60. The van der Waals surface area contributed by atoms with E-state index in [4.69, 9.17) is 15.2 Å². The number of aliphatic imine (C=N–C) groups is 1. The van der Waals surface area contributed by atoms with E-state index < -0.39 is 0 Å². The highest BCUT2D eigenvalue weighted by Gasteiger charge is 2.16. The topological polar surface area (TPSA) is 112 Å². The van der Waals surface area contributed by atoms with Crippen molar-refractivity contribution in [3.63, 3.8) is 0 Å². The number of rotatable bonds is 7. The van der Waals surface area contributed by atoms with Crippen LogP contribution < -0.4 is 15.8 Å². The number of amides is 1. The average Bonchev–Trinajstić information content (AvgIpc) is 3.12. The van der Waals surface area contributed by atoms with Gasteiger partial charge in [0.1, 0.15) is 18.1 Å². The fraction of sp³-hybridized carbons (Fsp3) is 0.368. The first-order valence-corrected chi connectivity index (χ1v) is 8.85. The molecule has 1 atom stereocenters. The number of hydrogen-bond acceptors (Lipinski definition) is 7. The molecule has 3 rings (SSSR count). The van der Waals surface area contributed by atoms with Crippen molar-refractivity contribution < 1.29 is 14.3 Å². The minimum Gasteiger partial charge on any atom is -0.481 e. The summed E-state index contributed by atoms with van der Waals surface area (Å²) in [6, 6.07) is 9.62. The predicted octanol–water partition coefficient (Wildman–Crippen LogP) is 1.95. The number of carbonyl (C=O) groups is 1. The molecule has 2 heterocycles. The number of ether oxygens (including phenoxy) is 2. The molecule has 1 unspecified atom stereocenters. The van der Waals surface area contributed by atoms with E-state index >= 15 is 0 Å². The van der Waals surface area contributed by atoms with Crippen molar-refractivity contribution in [1.82, 2.24) is 9.97 Å². The number of hydrogen-bond donors (Lipinski definition) is 2. The maximum absolute atomic E-state index is 12.5. The van der Waals surface area contributed by atoms with E-state index in [2.05, 4.69) is 20.3 Å². The van der Waals surface area contributed by atoms with Crippen LogP contribution in [0.4, 0.5) is 5.69 Å². The number of aromatic nitrogens is 2. The van der Waals surface area contributed by atoms with Crippen LogP contribution in [0.1, 0.15) is 35.2 Å². The number of carbonyl (C=O) groups excluding carboxylic acids is 1. The number of nitrogens with two attached hydrogens (primary N) is 1. The summed E-state index contributed by atoms with van der Waals surface area (Å²) in [6.45, 7) is 2.47. The van der Waals surface area contributed by atoms with Gasteiger partial charge in [0.25, 0.3) is 11.9 Å². The van der Waals surface area contributed by atoms with E-state index in [0.717, 1.165) is 18.4 Å². The predicted molar refractivity (Wildman–Crippen MR) is 102 cm³/mol. The summed E-state index contributed by atoms with van der Waals surface area (Å²) in [5.74, 6) is 0.640. The van der Waals surface area contributed by atoms with Crippen LogP contribution in [0.2, 0.25) is 0 Å².